The van der Waals surface area contributed by atoms with Crippen LogP contribution in [-0.2, 0) is 10.0 Å². The summed E-state index contributed by atoms with van der Waals surface area (Å²) in [6, 6.07) is 22.9. The lowest BCUT2D eigenvalue weighted by molar-refractivity contribution is 0.395. The second-order valence-corrected chi connectivity index (χ2v) is 8.19. The van der Waals surface area contributed by atoms with Crippen LogP contribution < -0.4 is 14.2 Å². The molecule has 0 saturated carbocycles. The zero-order valence-electron chi connectivity index (χ0n) is 16.9. The van der Waals surface area contributed by atoms with Crippen LogP contribution in [0, 0.1) is 0 Å². The molecule has 0 fully saturated rings. The van der Waals surface area contributed by atoms with E-state index in [1.807, 2.05) is 24.3 Å². The second kappa shape index (κ2) is 8.53. The molecule has 31 heavy (non-hydrogen) atoms. The van der Waals surface area contributed by atoms with Crippen LogP contribution in [0.5, 0.6) is 11.5 Å². The molecule has 1 N–H and O–H groups in total. The Hall–Kier alpha value is -3.78. The van der Waals surface area contributed by atoms with E-state index in [9.17, 15) is 8.42 Å². The van der Waals surface area contributed by atoms with Gasteiger partial charge in [0.2, 0.25) is 10.9 Å². The van der Waals surface area contributed by atoms with Gasteiger partial charge in [-0.1, -0.05) is 48.5 Å². The predicted octanol–water partition coefficient (Wildman–Crippen LogP) is 4.83. The van der Waals surface area contributed by atoms with Crippen LogP contribution in [0.1, 0.15) is 0 Å². The van der Waals surface area contributed by atoms with Crippen molar-refractivity contribution in [3.05, 3.63) is 78.9 Å². The molecule has 0 aliphatic heterocycles. The zero-order valence-corrected chi connectivity index (χ0v) is 17.7. The van der Waals surface area contributed by atoms with Crippen molar-refractivity contribution in [3.8, 4) is 34.3 Å². The Morgan fingerprint density at radius 3 is 1.90 bits per heavy atom. The summed E-state index contributed by atoms with van der Waals surface area (Å²) in [6.45, 7) is 0. The highest BCUT2D eigenvalue weighted by Crippen LogP contribution is 2.34. The zero-order chi connectivity index (χ0) is 21.8. The molecule has 0 radical (unpaired) electrons. The summed E-state index contributed by atoms with van der Waals surface area (Å²) >= 11 is 0. The quantitative estimate of drug-likeness (QED) is 0.446. The van der Waals surface area contributed by atoms with E-state index in [1.165, 1.54) is 14.2 Å². The standard InChI is InChI=1S/C23H20N2O5S/c1-28-19-13-18(14-20(15-19)29-2)25-31(26,27)23-21(16-9-5-3-6-10-16)30-22(24-23)17-11-7-4-8-12-17/h3-15,25H,1-2H3. The normalized spacial score (nSPS) is 11.2. The van der Waals surface area contributed by atoms with Crippen LogP contribution in [0.15, 0.2) is 88.3 Å². The Morgan fingerprint density at radius 2 is 1.35 bits per heavy atom. The molecule has 0 saturated heterocycles. The smallest absolute Gasteiger partial charge is 0.283 e. The minimum Gasteiger partial charge on any atom is -0.497 e. The number of methoxy groups -OCH3 is 2. The van der Waals surface area contributed by atoms with Gasteiger partial charge in [-0.2, -0.15) is 13.4 Å². The minimum atomic E-state index is -4.10. The first-order valence-electron chi connectivity index (χ1n) is 9.38. The monoisotopic (exact) mass is 436 g/mol. The van der Waals surface area contributed by atoms with Crippen LogP contribution in [0.25, 0.3) is 22.8 Å². The van der Waals surface area contributed by atoms with Crippen molar-refractivity contribution < 1.29 is 22.3 Å². The summed E-state index contributed by atoms with van der Waals surface area (Å²) in [5, 5.41) is -0.209. The molecular formula is C23H20N2O5S. The third-order valence-corrected chi connectivity index (χ3v) is 5.80. The van der Waals surface area contributed by atoms with E-state index in [1.54, 1.807) is 54.6 Å². The average molecular weight is 436 g/mol. The van der Waals surface area contributed by atoms with Crippen LogP contribution >= 0.6 is 0 Å². The molecule has 1 aromatic heterocycles. The maximum absolute atomic E-state index is 13.3. The number of nitrogens with one attached hydrogen (secondary N) is 1. The molecule has 8 heteroatoms. The van der Waals surface area contributed by atoms with Gasteiger partial charge in [0.15, 0.2) is 5.76 Å². The number of hydrogen-bond donors (Lipinski definition) is 1. The summed E-state index contributed by atoms with van der Waals surface area (Å²) in [7, 11) is -1.11. The first kappa shape index (κ1) is 20.5. The number of rotatable bonds is 7. The number of oxazole rings is 1. The molecule has 0 bridgehead atoms. The Balaban J connectivity index is 1.81. The number of nitrogens with zero attached hydrogens (tertiary/aromatic N) is 1. The van der Waals surface area contributed by atoms with Gasteiger partial charge >= 0.3 is 0 Å². The number of hydrogen-bond acceptors (Lipinski definition) is 6. The van der Waals surface area contributed by atoms with Crippen molar-refractivity contribution in [1.82, 2.24) is 4.98 Å². The van der Waals surface area contributed by atoms with E-state index >= 15 is 0 Å². The number of sulfonamides is 1. The minimum absolute atomic E-state index is 0.154. The van der Waals surface area contributed by atoms with Gasteiger partial charge in [0.1, 0.15) is 11.5 Å². The fourth-order valence-corrected chi connectivity index (χ4v) is 4.17. The number of benzene rings is 3. The highest BCUT2D eigenvalue weighted by Gasteiger charge is 2.28. The average Bonchev–Trinajstić information content (AvgIpc) is 3.26. The molecular weight excluding hydrogens is 416 g/mol. The van der Waals surface area contributed by atoms with Crippen molar-refractivity contribution in [3.63, 3.8) is 0 Å². The summed E-state index contributed by atoms with van der Waals surface area (Å²) in [4.78, 5) is 4.33. The fourth-order valence-electron chi connectivity index (χ4n) is 3.03. The number of anilines is 1. The highest BCUT2D eigenvalue weighted by atomic mass is 32.2. The van der Waals surface area contributed by atoms with E-state index < -0.39 is 10.0 Å². The maximum Gasteiger partial charge on any atom is 0.283 e. The number of aromatic nitrogens is 1. The van der Waals surface area contributed by atoms with Gasteiger partial charge in [0.05, 0.1) is 19.9 Å². The van der Waals surface area contributed by atoms with Crippen LogP contribution in [0.4, 0.5) is 5.69 Å². The van der Waals surface area contributed by atoms with E-state index in [0.717, 1.165) is 0 Å². The Kier molecular flexibility index (Phi) is 5.64. The highest BCUT2D eigenvalue weighted by molar-refractivity contribution is 7.92. The molecule has 0 unspecified atom stereocenters. The summed E-state index contributed by atoms with van der Waals surface area (Å²) in [5.41, 5.74) is 1.55. The van der Waals surface area contributed by atoms with Crippen molar-refractivity contribution in [2.45, 2.75) is 5.03 Å². The molecule has 4 aromatic rings. The van der Waals surface area contributed by atoms with Gasteiger partial charge < -0.3 is 13.9 Å². The third kappa shape index (κ3) is 4.39. The van der Waals surface area contributed by atoms with Gasteiger partial charge in [0, 0.05) is 29.3 Å². The van der Waals surface area contributed by atoms with E-state index in [-0.39, 0.29) is 22.4 Å². The molecule has 0 aliphatic carbocycles. The van der Waals surface area contributed by atoms with Gasteiger partial charge in [-0.15, -0.1) is 0 Å². The molecule has 1 heterocycles. The topological polar surface area (TPSA) is 90.7 Å². The summed E-state index contributed by atoms with van der Waals surface area (Å²) < 4.78 is 45.6. The van der Waals surface area contributed by atoms with Gasteiger partial charge in [0.25, 0.3) is 10.0 Å². The lowest BCUT2D eigenvalue weighted by atomic mass is 10.2. The molecule has 0 atom stereocenters. The van der Waals surface area contributed by atoms with Crippen molar-refractivity contribution in [2.24, 2.45) is 0 Å². The van der Waals surface area contributed by atoms with Crippen LogP contribution in [-0.4, -0.2) is 27.6 Å². The van der Waals surface area contributed by atoms with E-state index in [2.05, 4.69) is 9.71 Å². The molecule has 158 valence electrons. The maximum atomic E-state index is 13.3. The van der Waals surface area contributed by atoms with E-state index in [0.29, 0.717) is 22.6 Å². The molecule has 4 rings (SSSR count). The molecule has 0 amide bonds. The summed E-state index contributed by atoms with van der Waals surface area (Å²) in [5.74, 6) is 1.26. The molecule has 3 aromatic carbocycles. The third-order valence-electron chi connectivity index (χ3n) is 4.51. The first-order chi connectivity index (χ1) is 15.0. The fraction of sp³-hybridized carbons (Fsp3) is 0.0870. The Labute approximate surface area is 180 Å². The molecule has 7 nitrogen and oxygen atoms in total. The lowest BCUT2D eigenvalue weighted by Crippen LogP contribution is -2.14. The van der Waals surface area contributed by atoms with Crippen molar-refractivity contribution >= 4 is 15.7 Å². The van der Waals surface area contributed by atoms with Gasteiger partial charge in [-0.05, 0) is 12.1 Å². The summed E-state index contributed by atoms with van der Waals surface area (Å²) in [6.07, 6.45) is 0. The van der Waals surface area contributed by atoms with Gasteiger partial charge in [-0.25, -0.2) is 0 Å². The van der Waals surface area contributed by atoms with E-state index in [4.69, 9.17) is 13.9 Å². The molecule has 0 spiro atoms. The van der Waals surface area contributed by atoms with Crippen LogP contribution in [0.2, 0.25) is 0 Å². The van der Waals surface area contributed by atoms with Gasteiger partial charge in [-0.3, -0.25) is 4.72 Å². The SMILES string of the molecule is COc1cc(NS(=O)(=O)c2nc(-c3ccccc3)oc2-c2ccccc2)cc(OC)c1. The number of ether oxygens (including phenoxy) is 2. The van der Waals surface area contributed by atoms with Crippen molar-refractivity contribution in [1.29, 1.82) is 0 Å². The lowest BCUT2D eigenvalue weighted by Gasteiger charge is -2.10. The Bertz CT molecular complexity index is 1260. The van der Waals surface area contributed by atoms with Crippen molar-refractivity contribution in [2.75, 3.05) is 18.9 Å². The van der Waals surface area contributed by atoms with Crippen LogP contribution in [0.3, 0.4) is 0 Å². The second-order valence-electron chi connectivity index (χ2n) is 6.59. The molecule has 0 aliphatic rings. The first-order valence-corrected chi connectivity index (χ1v) is 10.9. The Morgan fingerprint density at radius 1 is 0.806 bits per heavy atom. The predicted molar refractivity (Wildman–Crippen MR) is 118 cm³/mol. The largest absolute Gasteiger partial charge is 0.497 e.